The lowest BCUT2D eigenvalue weighted by atomic mass is 10.0. The fourth-order valence-corrected chi connectivity index (χ4v) is 3.34. The maximum Gasteiger partial charge on any atom is 0.332 e. The van der Waals surface area contributed by atoms with E-state index in [4.69, 9.17) is 24.7 Å². The van der Waals surface area contributed by atoms with E-state index >= 15 is 0 Å². The minimum Gasteiger partial charge on any atom is -0.495 e. The zero-order chi connectivity index (χ0) is 21.3. The van der Waals surface area contributed by atoms with E-state index in [9.17, 15) is 9.59 Å². The highest BCUT2D eigenvalue weighted by Crippen LogP contribution is 2.44. The molecule has 154 valence electrons. The molecular weight excluding hydrogens is 378 g/mol. The number of nitrogens with zero attached hydrogens (tertiary/aromatic N) is 2. The Hall–Kier alpha value is -3.62. The number of likely N-dealkylation sites (N-methyl/N-ethyl adjacent to an activating group) is 1. The maximum absolute atomic E-state index is 13.0. The Balaban J connectivity index is 2.16. The Kier molecular flexibility index (Phi) is 5.40. The van der Waals surface area contributed by atoms with Gasteiger partial charge in [0.2, 0.25) is 5.75 Å². The molecule has 1 saturated heterocycles. The van der Waals surface area contributed by atoms with Gasteiger partial charge in [0.15, 0.2) is 11.5 Å². The predicted molar refractivity (Wildman–Crippen MR) is 107 cm³/mol. The number of rotatable bonds is 6. The van der Waals surface area contributed by atoms with E-state index in [0.29, 0.717) is 39.9 Å². The Morgan fingerprint density at radius 3 is 1.93 bits per heavy atom. The van der Waals surface area contributed by atoms with Crippen LogP contribution >= 0.6 is 0 Å². The third-order valence-corrected chi connectivity index (χ3v) is 4.81. The Morgan fingerprint density at radius 1 is 0.862 bits per heavy atom. The van der Waals surface area contributed by atoms with Gasteiger partial charge < -0.3 is 24.7 Å². The first-order chi connectivity index (χ1) is 13.9. The van der Waals surface area contributed by atoms with Gasteiger partial charge in [-0.1, -0.05) is 0 Å². The van der Waals surface area contributed by atoms with Crippen molar-refractivity contribution in [1.29, 1.82) is 0 Å². The second-order valence-electron chi connectivity index (χ2n) is 6.34. The predicted octanol–water partition coefficient (Wildman–Crippen LogP) is 2.44. The first kappa shape index (κ1) is 20.1. The molecule has 0 radical (unpaired) electrons. The highest BCUT2D eigenvalue weighted by atomic mass is 16.5. The van der Waals surface area contributed by atoms with Gasteiger partial charge in [-0.25, -0.2) is 4.79 Å². The summed E-state index contributed by atoms with van der Waals surface area (Å²) in [6.07, 6.45) is 0. The summed E-state index contributed by atoms with van der Waals surface area (Å²) in [5, 5.41) is 0. The molecule has 0 aromatic heterocycles. The van der Waals surface area contributed by atoms with Crippen LogP contribution in [0.1, 0.15) is 11.6 Å². The van der Waals surface area contributed by atoms with Gasteiger partial charge in [0, 0.05) is 12.7 Å². The fourth-order valence-electron chi connectivity index (χ4n) is 3.34. The molecule has 3 amide bonds. The molecule has 29 heavy (non-hydrogen) atoms. The van der Waals surface area contributed by atoms with Crippen LogP contribution in [0.5, 0.6) is 23.0 Å². The van der Waals surface area contributed by atoms with E-state index in [0.717, 1.165) is 4.90 Å². The Bertz CT molecular complexity index is 936. The topological polar surface area (TPSA) is 104 Å². The number of hydrogen-bond donors (Lipinski definition) is 1. The normalized spacial score (nSPS) is 16.2. The van der Waals surface area contributed by atoms with Crippen molar-refractivity contribution in [2.75, 3.05) is 46.1 Å². The number of ether oxygens (including phenoxy) is 4. The lowest BCUT2D eigenvalue weighted by Crippen LogP contribution is -2.30. The van der Waals surface area contributed by atoms with Crippen LogP contribution in [0.4, 0.5) is 16.2 Å². The number of amides is 3. The Labute approximate surface area is 168 Å². The molecule has 2 aromatic rings. The van der Waals surface area contributed by atoms with Crippen molar-refractivity contribution in [3.63, 3.8) is 0 Å². The lowest BCUT2D eigenvalue weighted by molar-refractivity contribution is -0.126. The highest BCUT2D eigenvalue weighted by molar-refractivity contribution is 6.14. The number of benzene rings is 2. The molecule has 0 unspecified atom stereocenters. The second kappa shape index (κ2) is 7.78. The molecule has 0 aliphatic carbocycles. The fraction of sp³-hybridized carbons (Fsp3) is 0.300. The molecule has 1 fully saturated rings. The molecule has 0 spiro atoms. The minimum atomic E-state index is -0.922. The van der Waals surface area contributed by atoms with Crippen LogP contribution in [-0.2, 0) is 4.79 Å². The molecule has 2 aromatic carbocycles. The van der Waals surface area contributed by atoms with Crippen molar-refractivity contribution in [3.8, 4) is 23.0 Å². The second-order valence-corrected chi connectivity index (χ2v) is 6.34. The van der Waals surface area contributed by atoms with Crippen LogP contribution in [0.3, 0.4) is 0 Å². The minimum absolute atomic E-state index is 0.350. The van der Waals surface area contributed by atoms with Crippen molar-refractivity contribution in [2.45, 2.75) is 6.04 Å². The largest absolute Gasteiger partial charge is 0.495 e. The maximum atomic E-state index is 13.0. The number of imide groups is 1. The molecule has 1 aliphatic rings. The van der Waals surface area contributed by atoms with E-state index in [1.54, 1.807) is 30.3 Å². The molecule has 1 aliphatic heterocycles. The van der Waals surface area contributed by atoms with Crippen molar-refractivity contribution < 1.29 is 28.5 Å². The first-order valence-corrected chi connectivity index (χ1v) is 8.72. The van der Waals surface area contributed by atoms with Gasteiger partial charge in [0.05, 0.1) is 34.1 Å². The molecule has 0 bridgehead atoms. The number of anilines is 2. The summed E-state index contributed by atoms with van der Waals surface area (Å²) in [5.74, 6) is 1.24. The van der Waals surface area contributed by atoms with E-state index in [-0.39, 0.29) is 0 Å². The number of carbonyl (C=O) groups is 2. The van der Waals surface area contributed by atoms with Gasteiger partial charge >= 0.3 is 6.03 Å². The number of nitrogen functional groups attached to an aromatic ring is 1. The summed E-state index contributed by atoms with van der Waals surface area (Å²) in [4.78, 5) is 28.3. The van der Waals surface area contributed by atoms with E-state index in [1.807, 2.05) is 0 Å². The first-order valence-electron chi connectivity index (χ1n) is 8.72. The third kappa shape index (κ3) is 3.24. The SMILES string of the molecule is COc1ccc(N2C(=O)N(C)C(=O)[C@H]2c2cc(OC)c(OC)c(OC)c2)cc1N. The van der Waals surface area contributed by atoms with E-state index < -0.39 is 18.0 Å². The monoisotopic (exact) mass is 401 g/mol. The van der Waals surface area contributed by atoms with Crippen molar-refractivity contribution >= 4 is 23.3 Å². The van der Waals surface area contributed by atoms with Crippen LogP contribution in [0.15, 0.2) is 30.3 Å². The van der Waals surface area contributed by atoms with Gasteiger partial charge in [0.25, 0.3) is 5.91 Å². The molecule has 0 saturated carbocycles. The summed E-state index contributed by atoms with van der Waals surface area (Å²) in [7, 11) is 7.39. The van der Waals surface area contributed by atoms with Gasteiger partial charge in [-0.05, 0) is 35.9 Å². The number of carbonyl (C=O) groups excluding carboxylic acids is 2. The van der Waals surface area contributed by atoms with Gasteiger partial charge in [-0.15, -0.1) is 0 Å². The zero-order valence-electron chi connectivity index (χ0n) is 16.9. The molecular formula is C20H23N3O6. The smallest absolute Gasteiger partial charge is 0.332 e. The average molecular weight is 401 g/mol. The van der Waals surface area contributed by atoms with Gasteiger partial charge in [0.1, 0.15) is 11.8 Å². The van der Waals surface area contributed by atoms with Gasteiger partial charge in [-0.3, -0.25) is 14.6 Å². The van der Waals surface area contributed by atoms with E-state index in [2.05, 4.69) is 0 Å². The van der Waals surface area contributed by atoms with Crippen LogP contribution in [0.2, 0.25) is 0 Å². The molecule has 2 N–H and O–H groups in total. The summed E-state index contributed by atoms with van der Waals surface area (Å²) >= 11 is 0. The van der Waals surface area contributed by atoms with Crippen LogP contribution in [-0.4, -0.2) is 52.3 Å². The summed E-state index contributed by atoms with van der Waals surface area (Å²) in [5.41, 5.74) is 7.33. The average Bonchev–Trinajstić information content (AvgIpc) is 2.96. The highest BCUT2D eigenvalue weighted by Gasteiger charge is 2.45. The van der Waals surface area contributed by atoms with Crippen molar-refractivity contribution in [3.05, 3.63) is 35.9 Å². The molecule has 1 heterocycles. The standard InChI is InChI=1S/C20H23N3O6/c1-22-19(24)17(11-8-15(27-3)18(29-5)16(9-11)28-4)23(20(22)25)12-6-7-14(26-2)13(21)10-12/h6-10,17H,21H2,1-5H3/t17-/m1/s1. The molecule has 9 heteroatoms. The third-order valence-electron chi connectivity index (χ3n) is 4.81. The van der Waals surface area contributed by atoms with Crippen molar-refractivity contribution in [2.24, 2.45) is 0 Å². The van der Waals surface area contributed by atoms with Crippen molar-refractivity contribution in [1.82, 2.24) is 4.90 Å². The lowest BCUT2D eigenvalue weighted by Gasteiger charge is -2.24. The summed E-state index contributed by atoms with van der Waals surface area (Å²) in [6, 6.07) is 6.81. The number of hydrogen-bond acceptors (Lipinski definition) is 7. The number of nitrogens with two attached hydrogens (primary N) is 1. The molecule has 3 rings (SSSR count). The van der Waals surface area contributed by atoms with Crippen LogP contribution in [0.25, 0.3) is 0 Å². The zero-order valence-corrected chi connectivity index (χ0v) is 16.9. The number of urea groups is 1. The van der Waals surface area contributed by atoms with E-state index in [1.165, 1.54) is 40.4 Å². The molecule has 9 nitrogen and oxygen atoms in total. The quantitative estimate of drug-likeness (QED) is 0.586. The summed E-state index contributed by atoms with van der Waals surface area (Å²) in [6.45, 7) is 0. The van der Waals surface area contributed by atoms with Crippen LogP contribution < -0.4 is 29.6 Å². The Morgan fingerprint density at radius 2 is 1.45 bits per heavy atom. The van der Waals surface area contributed by atoms with Crippen LogP contribution in [0, 0.1) is 0 Å². The number of methoxy groups -OCH3 is 4. The van der Waals surface area contributed by atoms with Gasteiger partial charge in [-0.2, -0.15) is 0 Å². The molecule has 1 atom stereocenters. The summed E-state index contributed by atoms with van der Waals surface area (Å²) < 4.78 is 21.3.